The van der Waals surface area contributed by atoms with Gasteiger partial charge in [0.05, 0.1) is 26.0 Å². The Hall–Kier alpha value is -2.19. The number of likely N-dealkylation sites (tertiary alicyclic amines) is 1. The molecular formula is C13H15N3O5. The first-order valence-electron chi connectivity index (χ1n) is 6.54. The van der Waals surface area contributed by atoms with E-state index in [2.05, 4.69) is 10.1 Å². The van der Waals surface area contributed by atoms with Gasteiger partial charge in [-0.2, -0.15) is 4.98 Å². The van der Waals surface area contributed by atoms with E-state index in [1.165, 1.54) is 13.4 Å². The number of esters is 1. The summed E-state index contributed by atoms with van der Waals surface area (Å²) < 4.78 is 15.1. The summed E-state index contributed by atoms with van der Waals surface area (Å²) in [6.07, 6.45) is 1.29. The van der Waals surface area contributed by atoms with E-state index in [0.717, 1.165) is 0 Å². The molecular weight excluding hydrogens is 278 g/mol. The first-order chi connectivity index (χ1) is 10.2. The third-order valence-corrected chi connectivity index (χ3v) is 3.40. The Balaban J connectivity index is 1.72. The van der Waals surface area contributed by atoms with Gasteiger partial charge in [-0.15, -0.1) is 0 Å². The van der Waals surface area contributed by atoms with Crippen molar-refractivity contribution in [3.8, 4) is 11.6 Å². The summed E-state index contributed by atoms with van der Waals surface area (Å²) in [5.74, 6) is 0.835. The zero-order valence-electron chi connectivity index (χ0n) is 11.4. The van der Waals surface area contributed by atoms with E-state index >= 15 is 0 Å². The number of methoxy groups -OCH3 is 1. The van der Waals surface area contributed by atoms with E-state index < -0.39 is 12.1 Å². The molecule has 0 saturated carbocycles. The number of ether oxygens (including phenoxy) is 1. The lowest BCUT2D eigenvalue weighted by Crippen LogP contribution is -2.36. The highest BCUT2D eigenvalue weighted by molar-refractivity contribution is 5.76. The molecule has 1 fully saturated rings. The maximum atomic E-state index is 11.7. The zero-order chi connectivity index (χ0) is 14.8. The van der Waals surface area contributed by atoms with Crippen LogP contribution in [0.4, 0.5) is 0 Å². The van der Waals surface area contributed by atoms with Crippen LogP contribution >= 0.6 is 0 Å². The molecule has 0 radical (unpaired) electrons. The van der Waals surface area contributed by atoms with Crippen LogP contribution in [0.1, 0.15) is 12.3 Å². The van der Waals surface area contributed by atoms with E-state index in [9.17, 15) is 9.90 Å². The first kappa shape index (κ1) is 13.8. The van der Waals surface area contributed by atoms with E-state index in [0.29, 0.717) is 30.4 Å². The van der Waals surface area contributed by atoms with Crippen LogP contribution in [0.25, 0.3) is 11.6 Å². The molecule has 21 heavy (non-hydrogen) atoms. The zero-order valence-corrected chi connectivity index (χ0v) is 11.4. The average molecular weight is 293 g/mol. The van der Waals surface area contributed by atoms with Crippen molar-refractivity contribution in [1.29, 1.82) is 0 Å². The summed E-state index contributed by atoms with van der Waals surface area (Å²) in [6.45, 7) is 0.628. The third-order valence-electron chi connectivity index (χ3n) is 3.40. The van der Waals surface area contributed by atoms with Crippen molar-refractivity contribution >= 4 is 5.97 Å². The van der Waals surface area contributed by atoms with Gasteiger partial charge in [-0.25, -0.2) is 0 Å². The smallest absolute Gasteiger partial charge is 0.323 e. The summed E-state index contributed by atoms with van der Waals surface area (Å²) >= 11 is 0. The molecule has 8 nitrogen and oxygen atoms in total. The monoisotopic (exact) mass is 293 g/mol. The van der Waals surface area contributed by atoms with Gasteiger partial charge >= 0.3 is 5.97 Å². The molecule has 3 heterocycles. The summed E-state index contributed by atoms with van der Waals surface area (Å²) in [7, 11) is 1.33. The standard InChI is InChI=1S/C13H15N3O5/c1-19-13(18)9-5-8(17)6-16(9)7-11-14-12(15-21-11)10-3-2-4-20-10/h2-4,8-9,17H,5-7H2,1H3. The number of β-amino-alcohol motifs (C(OH)–C–C–N with tert-alkyl or cyclic N) is 1. The lowest BCUT2D eigenvalue weighted by molar-refractivity contribution is -0.146. The second-order valence-corrected chi connectivity index (χ2v) is 4.85. The van der Waals surface area contributed by atoms with E-state index in [4.69, 9.17) is 13.7 Å². The molecule has 0 amide bonds. The van der Waals surface area contributed by atoms with Crippen molar-refractivity contribution in [3.05, 3.63) is 24.3 Å². The first-order valence-corrected chi connectivity index (χ1v) is 6.54. The Labute approximate surface area is 120 Å². The van der Waals surface area contributed by atoms with Crippen molar-refractivity contribution in [2.24, 2.45) is 0 Å². The highest BCUT2D eigenvalue weighted by Gasteiger charge is 2.37. The molecule has 2 aromatic rings. The number of furan rings is 1. The number of aromatic nitrogens is 2. The lowest BCUT2D eigenvalue weighted by Gasteiger charge is -2.19. The van der Waals surface area contributed by atoms with Gasteiger partial charge in [0, 0.05) is 13.0 Å². The molecule has 1 N–H and O–H groups in total. The highest BCUT2D eigenvalue weighted by atomic mass is 16.5. The minimum absolute atomic E-state index is 0.268. The number of hydrogen-bond donors (Lipinski definition) is 1. The van der Waals surface area contributed by atoms with Crippen molar-refractivity contribution in [1.82, 2.24) is 15.0 Å². The second kappa shape index (κ2) is 5.66. The van der Waals surface area contributed by atoms with Crippen LogP contribution in [0.3, 0.4) is 0 Å². The van der Waals surface area contributed by atoms with Gasteiger partial charge in [0.2, 0.25) is 11.7 Å². The fourth-order valence-corrected chi connectivity index (χ4v) is 2.43. The van der Waals surface area contributed by atoms with E-state index in [1.807, 2.05) is 0 Å². The normalized spacial score (nSPS) is 22.6. The lowest BCUT2D eigenvalue weighted by atomic mass is 10.2. The summed E-state index contributed by atoms with van der Waals surface area (Å²) in [6, 6.07) is 2.96. The van der Waals surface area contributed by atoms with Crippen LogP contribution in [-0.4, -0.2) is 51.9 Å². The Morgan fingerprint density at radius 2 is 2.48 bits per heavy atom. The minimum Gasteiger partial charge on any atom is -0.468 e. The number of nitrogens with zero attached hydrogens (tertiary/aromatic N) is 3. The average Bonchev–Trinajstić information content (AvgIpc) is 3.18. The van der Waals surface area contributed by atoms with Gasteiger partial charge in [-0.1, -0.05) is 5.16 Å². The number of carbonyl (C=O) groups is 1. The minimum atomic E-state index is -0.568. The Kier molecular flexibility index (Phi) is 3.72. The molecule has 0 aromatic carbocycles. The van der Waals surface area contributed by atoms with E-state index in [-0.39, 0.29) is 12.5 Å². The van der Waals surface area contributed by atoms with Gasteiger partial charge in [-0.3, -0.25) is 9.69 Å². The van der Waals surface area contributed by atoms with Crippen molar-refractivity contribution in [2.75, 3.05) is 13.7 Å². The summed E-state index contributed by atoms with van der Waals surface area (Å²) in [5.41, 5.74) is 0. The largest absolute Gasteiger partial charge is 0.468 e. The molecule has 0 aliphatic carbocycles. The molecule has 2 atom stereocenters. The number of hydrogen-bond acceptors (Lipinski definition) is 8. The summed E-state index contributed by atoms with van der Waals surface area (Å²) in [4.78, 5) is 17.7. The molecule has 1 aliphatic heterocycles. The molecule has 1 aliphatic rings. The molecule has 2 unspecified atom stereocenters. The highest BCUT2D eigenvalue weighted by Crippen LogP contribution is 2.22. The molecule has 8 heteroatoms. The predicted octanol–water partition coefficient (Wildman–Crippen LogP) is 0.438. The second-order valence-electron chi connectivity index (χ2n) is 4.85. The molecule has 0 spiro atoms. The van der Waals surface area contributed by atoms with Gasteiger partial charge in [0.1, 0.15) is 6.04 Å². The van der Waals surface area contributed by atoms with Crippen LogP contribution < -0.4 is 0 Å². The van der Waals surface area contributed by atoms with Crippen LogP contribution in [0.2, 0.25) is 0 Å². The fourth-order valence-electron chi connectivity index (χ4n) is 2.43. The molecule has 112 valence electrons. The maximum absolute atomic E-state index is 11.7. The number of aliphatic hydroxyl groups excluding tert-OH is 1. The van der Waals surface area contributed by atoms with Crippen LogP contribution in [0, 0.1) is 0 Å². The SMILES string of the molecule is COC(=O)C1CC(O)CN1Cc1nc(-c2ccco2)no1. The molecule has 0 bridgehead atoms. The third kappa shape index (κ3) is 2.81. The van der Waals surface area contributed by atoms with Gasteiger partial charge in [-0.05, 0) is 12.1 Å². The molecule has 1 saturated heterocycles. The quantitative estimate of drug-likeness (QED) is 0.810. The van der Waals surface area contributed by atoms with Gasteiger partial charge in [0.25, 0.3) is 0 Å². The number of carbonyl (C=O) groups excluding carboxylic acids is 1. The Morgan fingerprint density at radius 3 is 3.19 bits per heavy atom. The van der Waals surface area contributed by atoms with Crippen molar-refractivity contribution < 1.29 is 23.6 Å². The van der Waals surface area contributed by atoms with Gasteiger partial charge < -0.3 is 18.8 Å². The van der Waals surface area contributed by atoms with Crippen molar-refractivity contribution in [2.45, 2.75) is 25.1 Å². The Morgan fingerprint density at radius 1 is 1.62 bits per heavy atom. The van der Waals surface area contributed by atoms with Gasteiger partial charge in [0.15, 0.2) is 5.76 Å². The van der Waals surface area contributed by atoms with Crippen LogP contribution in [0.15, 0.2) is 27.3 Å². The molecule has 3 rings (SSSR count). The molecule has 2 aromatic heterocycles. The maximum Gasteiger partial charge on any atom is 0.323 e. The summed E-state index contributed by atoms with van der Waals surface area (Å²) in [5, 5.41) is 13.5. The topological polar surface area (TPSA) is 102 Å². The van der Waals surface area contributed by atoms with Crippen LogP contribution in [0.5, 0.6) is 0 Å². The predicted molar refractivity (Wildman–Crippen MR) is 68.8 cm³/mol. The van der Waals surface area contributed by atoms with Crippen molar-refractivity contribution in [3.63, 3.8) is 0 Å². The van der Waals surface area contributed by atoms with Crippen LogP contribution in [-0.2, 0) is 16.1 Å². The Bertz CT molecular complexity index is 609. The van der Waals surface area contributed by atoms with E-state index in [1.54, 1.807) is 17.0 Å². The number of aliphatic hydroxyl groups is 1. The number of rotatable bonds is 4. The fraction of sp³-hybridized carbons (Fsp3) is 0.462.